The smallest absolute Gasteiger partial charge is 0.417 e. The molecule has 0 aliphatic rings. The molecule has 0 unspecified atom stereocenters. The lowest BCUT2D eigenvalue weighted by Crippen LogP contribution is -2.20. The highest BCUT2D eigenvalue weighted by atomic mass is 35.5. The Hall–Kier alpha value is -2.81. The maximum Gasteiger partial charge on any atom is 0.417 e. The predicted octanol–water partition coefficient (Wildman–Crippen LogP) is 8.32. The van der Waals surface area contributed by atoms with Crippen molar-refractivity contribution < 1.29 is 32.3 Å². The Morgan fingerprint density at radius 1 is 0.917 bits per heavy atom. The van der Waals surface area contributed by atoms with Gasteiger partial charge in [-0.05, 0) is 24.6 Å². The van der Waals surface area contributed by atoms with Crippen LogP contribution in [0, 0.1) is 5.82 Å². The van der Waals surface area contributed by atoms with Gasteiger partial charge in [-0.25, -0.2) is 4.39 Å². The zero-order chi connectivity index (χ0) is 26.7. The van der Waals surface area contributed by atoms with Crippen LogP contribution in [0.4, 0.5) is 28.9 Å². The van der Waals surface area contributed by atoms with Crippen LogP contribution < -0.4 is 10.6 Å². The summed E-state index contributed by atoms with van der Waals surface area (Å²) in [7, 11) is 0. The Morgan fingerprint density at radius 2 is 1.53 bits per heavy atom. The second kappa shape index (κ2) is 14.1. The third-order valence-electron chi connectivity index (χ3n) is 5.66. The van der Waals surface area contributed by atoms with E-state index in [4.69, 9.17) is 11.6 Å². The van der Waals surface area contributed by atoms with E-state index in [1.165, 1.54) is 32.1 Å². The minimum atomic E-state index is -4.96. The van der Waals surface area contributed by atoms with Crippen molar-refractivity contribution >= 4 is 34.8 Å². The zero-order valence-corrected chi connectivity index (χ0v) is 20.9. The van der Waals surface area contributed by atoms with Gasteiger partial charge in [0.2, 0.25) is 5.91 Å². The van der Waals surface area contributed by atoms with Crippen molar-refractivity contribution in [2.75, 3.05) is 10.6 Å². The monoisotopic (exact) mass is 530 g/mol. The normalized spacial score (nSPS) is 11.4. The van der Waals surface area contributed by atoms with Gasteiger partial charge in [0.25, 0.3) is 5.91 Å². The lowest BCUT2D eigenvalue weighted by atomic mass is 10.1. The summed E-state index contributed by atoms with van der Waals surface area (Å²) in [6, 6.07) is 4.28. The molecular formula is C26H31ClF4N2O3. The SMILES string of the molecule is CCCCCCCCCCCC(=O)Nc1cc(O)c(NC(=O)c2c(F)cccc2C(F)(F)F)cc1Cl. The van der Waals surface area contributed by atoms with Gasteiger partial charge < -0.3 is 15.7 Å². The maximum atomic E-state index is 14.1. The number of carbonyl (C=O) groups is 2. The van der Waals surface area contributed by atoms with Crippen molar-refractivity contribution in [1.82, 2.24) is 0 Å². The largest absolute Gasteiger partial charge is 0.506 e. The molecule has 0 aliphatic heterocycles. The summed E-state index contributed by atoms with van der Waals surface area (Å²) in [6.07, 6.45) is 5.26. The molecule has 36 heavy (non-hydrogen) atoms. The number of benzene rings is 2. The number of amides is 2. The third-order valence-corrected chi connectivity index (χ3v) is 5.97. The maximum absolute atomic E-state index is 14.1. The molecule has 198 valence electrons. The quantitative estimate of drug-likeness (QED) is 0.138. The molecule has 2 amide bonds. The van der Waals surface area contributed by atoms with Gasteiger partial charge in [0.05, 0.1) is 27.5 Å². The number of nitrogens with one attached hydrogen (secondary N) is 2. The van der Waals surface area contributed by atoms with E-state index in [-0.39, 0.29) is 28.7 Å². The van der Waals surface area contributed by atoms with E-state index < -0.39 is 34.8 Å². The number of unbranched alkanes of at least 4 members (excludes halogenated alkanes) is 8. The van der Waals surface area contributed by atoms with Crippen molar-refractivity contribution in [3.05, 3.63) is 52.3 Å². The van der Waals surface area contributed by atoms with Crippen molar-refractivity contribution in [3.8, 4) is 5.75 Å². The number of hydrogen-bond donors (Lipinski definition) is 3. The number of alkyl halides is 3. The first-order valence-corrected chi connectivity index (χ1v) is 12.4. The average molecular weight is 531 g/mol. The fourth-order valence-electron chi connectivity index (χ4n) is 3.74. The number of aromatic hydroxyl groups is 1. The second-order valence-corrected chi connectivity index (χ2v) is 9.00. The summed E-state index contributed by atoms with van der Waals surface area (Å²) in [5, 5.41) is 14.8. The number of hydrogen-bond acceptors (Lipinski definition) is 3. The van der Waals surface area contributed by atoms with E-state index >= 15 is 0 Å². The summed E-state index contributed by atoms with van der Waals surface area (Å²) < 4.78 is 53.6. The molecule has 2 aromatic rings. The van der Waals surface area contributed by atoms with E-state index in [1.807, 2.05) is 5.32 Å². The number of anilines is 2. The average Bonchev–Trinajstić information content (AvgIpc) is 2.80. The Labute approximate surface area is 213 Å². The topological polar surface area (TPSA) is 78.4 Å². The van der Waals surface area contributed by atoms with Gasteiger partial charge in [-0.15, -0.1) is 0 Å². The van der Waals surface area contributed by atoms with Crippen LogP contribution >= 0.6 is 11.6 Å². The fraction of sp³-hybridized carbons (Fsp3) is 0.462. The van der Waals surface area contributed by atoms with E-state index in [9.17, 15) is 32.3 Å². The van der Waals surface area contributed by atoms with E-state index in [0.29, 0.717) is 12.5 Å². The number of carbonyl (C=O) groups excluding carboxylic acids is 2. The molecule has 0 radical (unpaired) electrons. The van der Waals surface area contributed by atoms with Gasteiger partial charge in [0.1, 0.15) is 11.6 Å². The number of phenols is 1. The first-order chi connectivity index (χ1) is 17.0. The van der Waals surface area contributed by atoms with Crippen LogP contribution in [-0.4, -0.2) is 16.9 Å². The molecule has 0 fully saturated rings. The first kappa shape index (κ1) is 29.4. The molecule has 2 aromatic carbocycles. The third kappa shape index (κ3) is 9.00. The van der Waals surface area contributed by atoms with Crippen molar-refractivity contribution in [2.45, 2.75) is 77.3 Å². The fourth-order valence-corrected chi connectivity index (χ4v) is 3.95. The van der Waals surface area contributed by atoms with Crippen molar-refractivity contribution in [3.63, 3.8) is 0 Å². The molecule has 0 saturated heterocycles. The Balaban J connectivity index is 1.93. The summed E-state index contributed by atoms with van der Waals surface area (Å²) in [4.78, 5) is 24.6. The summed E-state index contributed by atoms with van der Waals surface area (Å²) in [5.74, 6) is -3.64. The molecule has 0 saturated carbocycles. The molecule has 3 N–H and O–H groups in total. The second-order valence-electron chi connectivity index (χ2n) is 8.59. The molecule has 0 aliphatic carbocycles. The minimum Gasteiger partial charge on any atom is -0.506 e. The Kier molecular flexibility index (Phi) is 11.5. The predicted molar refractivity (Wildman–Crippen MR) is 133 cm³/mol. The summed E-state index contributed by atoms with van der Waals surface area (Å²) >= 11 is 6.13. The molecule has 5 nitrogen and oxygen atoms in total. The summed E-state index contributed by atoms with van der Waals surface area (Å²) in [5.41, 5.74) is -2.92. The van der Waals surface area contributed by atoms with Crippen LogP contribution in [0.1, 0.15) is 87.1 Å². The Morgan fingerprint density at radius 3 is 2.14 bits per heavy atom. The number of phenolic OH excluding ortho intramolecular Hbond substituents is 1. The summed E-state index contributed by atoms with van der Waals surface area (Å²) in [6.45, 7) is 2.18. The van der Waals surface area contributed by atoms with Gasteiger partial charge in [0, 0.05) is 12.5 Å². The Bertz CT molecular complexity index is 1040. The van der Waals surface area contributed by atoms with E-state index in [1.54, 1.807) is 0 Å². The van der Waals surface area contributed by atoms with Crippen LogP contribution in [-0.2, 0) is 11.0 Å². The molecule has 0 atom stereocenters. The molecule has 0 aromatic heterocycles. The lowest BCUT2D eigenvalue weighted by molar-refractivity contribution is -0.138. The van der Waals surface area contributed by atoms with Crippen LogP contribution in [0.3, 0.4) is 0 Å². The molecule has 0 bridgehead atoms. The van der Waals surface area contributed by atoms with Crippen LogP contribution in [0.25, 0.3) is 0 Å². The van der Waals surface area contributed by atoms with Gasteiger partial charge in [0.15, 0.2) is 0 Å². The molecule has 0 spiro atoms. The minimum absolute atomic E-state index is 0.0619. The first-order valence-electron chi connectivity index (χ1n) is 12.0. The van der Waals surface area contributed by atoms with Gasteiger partial charge in [-0.2, -0.15) is 13.2 Å². The van der Waals surface area contributed by atoms with Gasteiger partial charge >= 0.3 is 6.18 Å². The number of rotatable bonds is 13. The van der Waals surface area contributed by atoms with Crippen molar-refractivity contribution in [2.24, 2.45) is 0 Å². The highest BCUT2D eigenvalue weighted by molar-refractivity contribution is 6.34. The highest BCUT2D eigenvalue weighted by Gasteiger charge is 2.37. The number of halogens is 5. The van der Waals surface area contributed by atoms with Crippen LogP contribution in [0.15, 0.2) is 30.3 Å². The molecule has 0 heterocycles. The molecule has 10 heteroatoms. The highest BCUT2D eigenvalue weighted by Crippen LogP contribution is 2.36. The van der Waals surface area contributed by atoms with Gasteiger partial charge in [-0.1, -0.05) is 76.0 Å². The van der Waals surface area contributed by atoms with E-state index in [2.05, 4.69) is 12.2 Å². The zero-order valence-electron chi connectivity index (χ0n) is 20.1. The van der Waals surface area contributed by atoms with Crippen LogP contribution in [0.2, 0.25) is 5.02 Å². The molecular weight excluding hydrogens is 500 g/mol. The van der Waals surface area contributed by atoms with Crippen molar-refractivity contribution in [1.29, 1.82) is 0 Å². The standard InChI is InChI=1S/C26H31ClF4N2O3/c1-2-3-4-5-6-7-8-9-10-14-23(35)32-20-16-22(34)21(15-18(20)27)33-25(36)24-17(26(29,30)31)12-11-13-19(24)28/h11-13,15-16,34H,2-10,14H2,1H3,(H,32,35)(H,33,36). The van der Waals surface area contributed by atoms with Gasteiger partial charge in [-0.3, -0.25) is 9.59 Å². The van der Waals surface area contributed by atoms with E-state index in [0.717, 1.165) is 43.5 Å². The molecule has 2 rings (SSSR count). The van der Waals surface area contributed by atoms with Crippen LogP contribution in [0.5, 0.6) is 5.75 Å². The lowest BCUT2D eigenvalue weighted by Gasteiger charge is -2.15.